The maximum Gasteiger partial charge on any atom is 0.261 e. The van der Waals surface area contributed by atoms with E-state index in [4.69, 9.17) is 10.7 Å². The largest absolute Gasteiger partial charge is 0.312 e. The average Bonchev–Trinajstić information content (AvgIpc) is 2.69. The van der Waals surface area contributed by atoms with Crippen molar-refractivity contribution in [3.63, 3.8) is 0 Å². The van der Waals surface area contributed by atoms with E-state index in [1.54, 1.807) is 17.9 Å². The fraction of sp³-hybridized carbons (Fsp3) is 0.364. The zero-order valence-electron chi connectivity index (χ0n) is 9.31. The van der Waals surface area contributed by atoms with Gasteiger partial charge >= 0.3 is 0 Å². The molecular weight excluding hydrogens is 262 g/mol. The van der Waals surface area contributed by atoms with E-state index < -0.39 is 9.05 Å². The summed E-state index contributed by atoms with van der Waals surface area (Å²) < 4.78 is 22.5. The summed E-state index contributed by atoms with van der Waals surface area (Å²) >= 11 is 0. The van der Waals surface area contributed by atoms with Crippen molar-refractivity contribution in [2.75, 3.05) is 11.4 Å². The number of carbonyl (C=O) groups is 1. The molecular formula is C11H12ClNO3S. The van der Waals surface area contributed by atoms with Crippen molar-refractivity contribution < 1.29 is 13.2 Å². The number of amides is 1. The Bertz CT molecular complexity index is 568. The molecule has 17 heavy (non-hydrogen) atoms. The molecule has 0 N–H and O–H groups in total. The maximum atomic E-state index is 11.7. The second kappa shape index (κ2) is 4.31. The first-order valence-corrected chi connectivity index (χ1v) is 7.62. The predicted molar refractivity (Wildman–Crippen MR) is 65.8 cm³/mol. The summed E-state index contributed by atoms with van der Waals surface area (Å²) in [6, 6.07) is 4.66. The number of anilines is 1. The van der Waals surface area contributed by atoms with Gasteiger partial charge in [0.2, 0.25) is 5.91 Å². The van der Waals surface area contributed by atoms with Crippen LogP contribution < -0.4 is 4.90 Å². The normalized spacial score (nSPS) is 14.8. The molecule has 0 aliphatic carbocycles. The number of hydrogen-bond acceptors (Lipinski definition) is 3. The number of fused-ring (bicyclic) bond motifs is 1. The molecule has 0 spiro atoms. The molecule has 1 amide bonds. The Labute approximate surface area is 105 Å². The molecule has 1 aliphatic heterocycles. The van der Waals surface area contributed by atoms with Crippen molar-refractivity contribution in [2.24, 2.45) is 0 Å². The molecule has 4 nitrogen and oxygen atoms in total. The second-order valence-corrected chi connectivity index (χ2v) is 6.44. The van der Waals surface area contributed by atoms with Gasteiger partial charge in [0.25, 0.3) is 9.05 Å². The standard InChI is InChI=1S/C11H12ClNO3S/c1-2-11(14)13-6-5-8-3-4-9(7-10(8)13)17(12,15)16/h3-4,7H,2,5-6H2,1H3. The Hall–Kier alpha value is -1.07. The van der Waals surface area contributed by atoms with Crippen LogP contribution in [0.3, 0.4) is 0 Å². The van der Waals surface area contributed by atoms with Crippen molar-refractivity contribution in [3.8, 4) is 0 Å². The number of rotatable bonds is 2. The number of halogens is 1. The minimum absolute atomic E-state index is 0.00660. The zero-order chi connectivity index (χ0) is 12.6. The van der Waals surface area contributed by atoms with Crippen LogP contribution in [0.2, 0.25) is 0 Å². The lowest BCUT2D eigenvalue weighted by Crippen LogP contribution is -2.27. The van der Waals surface area contributed by atoms with Crippen LogP contribution in [0.4, 0.5) is 5.69 Å². The molecule has 0 atom stereocenters. The van der Waals surface area contributed by atoms with Gasteiger partial charge in [-0.15, -0.1) is 0 Å². The topological polar surface area (TPSA) is 54.5 Å². The van der Waals surface area contributed by atoms with Crippen LogP contribution in [0.25, 0.3) is 0 Å². The Morgan fingerprint density at radius 1 is 1.47 bits per heavy atom. The van der Waals surface area contributed by atoms with Crippen LogP contribution in [0, 0.1) is 0 Å². The van der Waals surface area contributed by atoms with Crippen molar-refractivity contribution in [2.45, 2.75) is 24.7 Å². The number of benzene rings is 1. The maximum absolute atomic E-state index is 11.7. The summed E-state index contributed by atoms with van der Waals surface area (Å²) in [5.74, 6) is -0.00660. The molecule has 0 unspecified atom stereocenters. The third kappa shape index (κ3) is 2.30. The SMILES string of the molecule is CCC(=O)N1CCc2ccc(S(=O)(=O)Cl)cc21. The molecule has 1 aliphatic rings. The Morgan fingerprint density at radius 2 is 2.18 bits per heavy atom. The van der Waals surface area contributed by atoms with Gasteiger partial charge in [0.1, 0.15) is 0 Å². The molecule has 6 heteroatoms. The van der Waals surface area contributed by atoms with Gasteiger partial charge in [0.05, 0.1) is 4.90 Å². The molecule has 0 aromatic heterocycles. The van der Waals surface area contributed by atoms with Gasteiger partial charge in [-0.05, 0) is 24.1 Å². The molecule has 0 saturated heterocycles. The van der Waals surface area contributed by atoms with Gasteiger partial charge in [-0.1, -0.05) is 13.0 Å². The molecule has 1 heterocycles. The molecule has 0 saturated carbocycles. The first-order chi connectivity index (χ1) is 7.93. The number of nitrogens with zero attached hydrogens (tertiary/aromatic N) is 1. The van der Waals surface area contributed by atoms with Crippen molar-refractivity contribution in [3.05, 3.63) is 23.8 Å². The van der Waals surface area contributed by atoms with Crippen LogP contribution in [0.1, 0.15) is 18.9 Å². The van der Waals surface area contributed by atoms with E-state index in [1.165, 1.54) is 12.1 Å². The molecule has 92 valence electrons. The first kappa shape index (κ1) is 12.4. The van der Waals surface area contributed by atoms with E-state index in [2.05, 4.69) is 0 Å². The van der Waals surface area contributed by atoms with Crippen LogP contribution in [-0.4, -0.2) is 20.9 Å². The summed E-state index contributed by atoms with van der Waals surface area (Å²) in [7, 11) is 1.54. The van der Waals surface area contributed by atoms with Gasteiger partial charge in [-0.3, -0.25) is 4.79 Å². The van der Waals surface area contributed by atoms with E-state index in [1.807, 2.05) is 0 Å². The first-order valence-electron chi connectivity index (χ1n) is 5.31. The van der Waals surface area contributed by atoms with Crippen molar-refractivity contribution in [1.82, 2.24) is 0 Å². The van der Waals surface area contributed by atoms with Crippen molar-refractivity contribution >= 4 is 31.3 Å². The minimum atomic E-state index is -3.75. The zero-order valence-corrected chi connectivity index (χ0v) is 10.9. The van der Waals surface area contributed by atoms with Gasteiger partial charge in [-0.2, -0.15) is 0 Å². The van der Waals surface area contributed by atoms with E-state index in [0.29, 0.717) is 18.7 Å². The summed E-state index contributed by atoms with van der Waals surface area (Å²) in [6.07, 6.45) is 1.15. The van der Waals surface area contributed by atoms with Gasteiger partial charge in [0, 0.05) is 29.3 Å². The molecule has 0 radical (unpaired) electrons. The van der Waals surface area contributed by atoms with Gasteiger partial charge in [-0.25, -0.2) is 8.42 Å². The molecule has 1 aromatic carbocycles. The number of hydrogen-bond donors (Lipinski definition) is 0. The molecule has 0 bridgehead atoms. The van der Waals surface area contributed by atoms with E-state index in [0.717, 1.165) is 12.0 Å². The molecule has 2 rings (SSSR count). The quantitative estimate of drug-likeness (QED) is 0.774. The van der Waals surface area contributed by atoms with Crippen LogP contribution in [-0.2, 0) is 20.3 Å². The third-order valence-electron chi connectivity index (χ3n) is 2.84. The molecule has 1 aromatic rings. The van der Waals surface area contributed by atoms with Gasteiger partial charge in [0.15, 0.2) is 0 Å². The summed E-state index contributed by atoms with van der Waals surface area (Å²) in [6.45, 7) is 2.39. The summed E-state index contributed by atoms with van der Waals surface area (Å²) in [5.41, 5.74) is 1.65. The predicted octanol–water partition coefficient (Wildman–Crippen LogP) is 1.91. The summed E-state index contributed by atoms with van der Waals surface area (Å²) in [4.78, 5) is 13.3. The Balaban J connectivity index is 2.48. The highest BCUT2D eigenvalue weighted by Crippen LogP contribution is 2.31. The van der Waals surface area contributed by atoms with Crippen LogP contribution >= 0.6 is 10.7 Å². The van der Waals surface area contributed by atoms with Crippen LogP contribution in [0.5, 0.6) is 0 Å². The van der Waals surface area contributed by atoms with E-state index >= 15 is 0 Å². The lowest BCUT2D eigenvalue weighted by atomic mass is 10.2. The highest BCUT2D eigenvalue weighted by molar-refractivity contribution is 8.13. The minimum Gasteiger partial charge on any atom is -0.312 e. The smallest absolute Gasteiger partial charge is 0.261 e. The lowest BCUT2D eigenvalue weighted by molar-refractivity contribution is -0.118. The molecule has 0 fully saturated rings. The van der Waals surface area contributed by atoms with E-state index in [9.17, 15) is 13.2 Å². The average molecular weight is 274 g/mol. The Kier molecular flexibility index (Phi) is 3.14. The number of carbonyl (C=O) groups excluding carboxylic acids is 1. The van der Waals surface area contributed by atoms with Crippen molar-refractivity contribution in [1.29, 1.82) is 0 Å². The fourth-order valence-corrected chi connectivity index (χ4v) is 2.73. The highest BCUT2D eigenvalue weighted by atomic mass is 35.7. The lowest BCUT2D eigenvalue weighted by Gasteiger charge is -2.16. The fourth-order valence-electron chi connectivity index (χ4n) is 1.96. The highest BCUT2D eigenvalue weighted by Gasteiger charge is 2.25. The second-order valence-electron chi connectivity index (χ2n) is 3.88. The third-order valence-corrected chi connectivity index (χ3v) is 4.19. The Morgan fingerprint density at radius 3 is 2.76 bits per heavy atom. The van der Waals surface area contributed by atoms with Crippen LogP contribution in [0.15, 0.2) is 23.1 Å². The van der Waals surface area contributed by atoms with E-state index in [-0.39, 0.29) is 10.8 Å². The monoisotopic (exact) mass is 273 g/mol. The summed E-state index contributed by atoms with van der Waals surface area (Å²) in [5, 5.41) is 0. The van der Waals surface area contributed by atoms with Gasteiger partial charge < -0.3 is 4.90 Å².